The van der Waals surface area contributed by atoms with Crippen molar-refractivity contribution in [1.82, 2.24) is 10.2 Å². The molecule has 0 amide bonds. The molecule has 2 unspecified atom stereocenters. The first-order valence-corrected chi connectivity index (χ1v) is 7.70. The van der Waals surface area contributed by atoms with E-state index in [1.54, 1.807) is 13.8 Å². The van der Waals surface area contributed by atoms with Crippen molar-refractivity contribution in [2.45, 2.75) is 44.4 Å². The summed E-state index contributed by atoms with van der Waals surface area (Å²) in [4.78, 5) is 11.4. The lowest BCUT2D eigenvalue weighted by Gasteiger charge is -2.21. The Bertz CT molecular complexity index is 493. The molecule has 0 aromatic carbocycles. The van der Waals surface area contributed by atoms with Crippen molar-refractivity contribution >= 4 is 23.5 Å². The van der Waals surface area contributed by atoms with Crippen molar-refractivity contribution < 1.29 is 9.90 Å². The number of aryl methyl sites for hydroxylation is 1. The summed E-state index contributed by atoms with van der Waals surface area (Å²) >= 11 is 1.82. The summed E-state index contributed by atoms with van der Waals surface area (Å²) in [6.07, 6.45) is 5.48. The van der Waals surface area contributed by atoms with Crippen LogP contribution >= 0.6 is 11.8 Å². The molecule has 2 N–H and O–H groups in total. The maximum Gasteiger partial charge on any atom is 0.339 e. The minimum Gasteiger partial charge on any atom is -0.478 e. The molecular weight excluding hydrogens is 262 g/mol. The molecule has 1 aliphatic carbocycles. The molecule has 1 aliphatic rings. The molecule has 0 aliphatic heterocycles. The number of aromatic nitrogens is 2. The fourth-order valence-corrected chi connectivity index (χ4v) is 3.46. The average Bonchev–Trinajstić information content (AvgIpc) is 2.80. The third-order valence-corrected chi connectivity index (χ3v) is 4.92. The molecular formula is C13H19N3O2S. The van der Waals surface area contributed by atoms with Crippen LogP contribution in [0.1, 0.15) is 40.9 Å². The molecule has 0 saturated heterocycles. The zero-order valence-electron chi connectivity index (χ0n) is 11.4. The summed E-state index contributed by atoms with van der Waals surface area (Å²) in [7, 11) is 0. The van der Waals surface area contributed by atoms with E-state index in [4.69, 9.17) is 0 Å². The summed E-state index contributed by atoms with van der Waals surface area (Å²) in [5.41, 5.74) is 1.60. The Morgan fingerprint density at radius 1 is 1.37 bits per heavy atom. The highest BCUT2D eigenvalue weighted by Crippen LogP contribution is 2.31. The van der Waals surface area contributed by atoms with Gasteiger partial charge in [0.1, 0.15) is 5.56 Å². The molecule has 2 rings (SSSR count). The van der Waals surface area contributed by atoms with Crippen LogP contribution in [0, 0.1) is 13.8 Å². The predicted molar refractivity (Wildman–Crippen MR) is 77.0 cm³/mol. The van der Waals surface area contributed by atoms with E-state index in [-0.39, 0.29) is 11.6 Å². The molecule has 1 heterocycles. The molecule has 1 aromatic rings. The number of thioether (sulfide) groups is 1. The Hall–Kier alpha value is -1.30. The second kappa shape index (κ2) is 5.77. The Morgan fingerprint density at radius 3 is 2.74 bits per heavy atom. The monoisotopic (exact) mass is 281 g/mol. The average molecular weight is 281 g/mol. The van der Waals surface area contributed by atoms with Gasteiger partial charge in [-0.2, -0.15) is 16.9 Å². The van der Waals surface area contributed by atoms with Gasteiger partial charge in [-0.3, -0.25) is 0 Å². The maximum atomic E-state index is 11.4. The first-order chi connectivity index (χ1) is 9.04. The number of hydrogen-bond donors (Lipinski definition) is 2. The van der Waals surface area contributed by atoms with Crippen molar-refractivity contribution in [1.29, 1.82) is 0 Å². The molecule has 104 valence electrons. The van der Waals surface area contributed by atoms with Gasteiger partial charge in [0.2, 0.25) is 0 Å². The van der Waals surface area contributed by atoms with Crippen molar-refractivity contribution in [3.63, 3.8) is 0 Å². The number of carboxylic acids is 1. The van der Waals surface area contributed by atoms with Gasteiger partial charge in [0.15, 0.2) is 5.82 Å². The molecule has 19 heavy (non-hydrogen) atoms. The Balaban J connectivity index is 2.30. The van der Waals surface area contributed by atoms with Gasteiger partial charge in [-0.1, -0.05) is 6.42 Å². The van der Waals surface area contributed by atoms with Gasteiger partial charge in [-0.15, -0.1) is 5.10 Å². The summed E-state index contributed by atoms with van der Waals surface area (Å²) in [5.74, 6) is -0.543. The van der Waals surface area contributed by atoms with E-state index in [2.05, 4.69) is 21.8 Å². The Labute approximate surface area is 117 Å². The van der Waals surface area contributed by atoms with Crippen LogP contribution in [-0.4, -0.2) is 38.8 Å². The zero-order chi connectivity index (χ0) is 14.0. The van der Waals surface area contributed by atoms with Crippen LogP contribution in [0.25, 0.3) is 0 Å². The molecule has 0 bridgehead atoms. The number of carboxylic acid groups (broad SMARTS) is 1. The van der Waals surface area contributed by atoms with E-state index >= 15 is 0 Å². The largest absolute Gasteiger partial charge is 0.478 e. The van der Waals surface area contributed by atoms with Crippen LogP contribution in [0.3, 0.4) is 0 Å². The van der Waals surface area contributed by atoms with E-state index in [0.29, 0.717) is 22.3 Å². The molecule has 1 aromatic heterocycles. The number of nitrogens with zero attached hydrogens (tertiary/aromatic N) is 2. The second-order valence-electron chi connectivity index (χ2n) is 4.90. The highest BCUT2D eigenvalue weighted by Gasteiger charge is 2.28. The highest BCUT2D eigenvalue weighted by molar-refractivity contribution is 7.99. The van der Waals surface area contributed by atoms with Gasteiger partial charge < -0.3 is 10.4 Å². The second-order valence-corrected chi connectivity index (χ2v) is 5.97. The van der Waals surface area contributed by atoms with E-state index in [9.17, 15) is 9.90 Å². The number of nitrogens with one attached hydrogen (secondary N) is 1. The topological polar surface area (TPSA) is 75.1 Å². The fourth-order valence-electron chi connectivity index (χ4n) is 2.52. The summed E-state index contributed by atoms with van der Waals surface area (Å²) in [6.45, 7) is 3.55. The smallest absolute Gasteiger partial charge is 0.339 e. The normalized spacial score (nSPS) is 22.5. The van der Waals surface area contributed by atoms with E-state index < -0.39 is 5.97 Å². The third-order valence-electron chi connectivity index (χ3n) is 3.75. The molecule has 1 saturated carbocycles. The standard InChI is InChI=1S/C13H19N3O2S/c1-7-8(2)15-16-12(11(7)13(17)18)14-9-5-4-6-10(9)19-3/h9-10H,4-6H2,1-3H3,(H,14,16)(H,17,18). The quantitative estimate of drug-likeness (QED) is 0.883. The molecule has 1 fully saturated rings. The van der Waals surface area contributed by atoms with E-state index in [1.807, 2.05) is 11.8 Å². The number of hydrogen-bond acceptors (Lipinski definition) is 5. The lowest BCUT2D eigenvalue weighted by atomic mass is 10.1. The first kappa shape index (κ1) is 14.1. The van der Waals surface area contributed by atoms with Crippen LogP contribution in [0.15, 0.2) is 0 Å². The molecule has 5 nitrogen and oxygen atoms in total. The van der Waals surface area contributed by atoms with Gasteiger partial charge in [0.05, 0.1) is 5.69 Å². The fraction of sp³-hybridized carbons (Fsp3) is 0.615. The van der Waals surface area contributed by atoms with Crippen molar-refractivity contribution in [3.8, 4) is 0 Å². The lowest BCUT2D eigenvalue weighted by molar-refractivity contribution is 0.0696. The highest BCUT2D eigenvalue weighted by atomic mass is 32.2. The molecule has 0 spiro atoms. The van der Waals surface area contributed by atoms with E-state index in [0.717, 1.165) is 6.42 Å². The lowest BCUT2D eigenvalue weighted by Crippen LogP contribution is -2.28. The number of carbonyl (C=O) groups is 1. The summed E-state index contributed by atoms with van der Waals surface area (Å²) in [5, 5.41) is 21.2. The van der Waals surface area contributed by atoms with Crippen LogP contribution < -0.4 is 5.32 Å². The Kier molecular flexibility index (Phi) is 4.29. The van der Waals surface area contributed by atoms with Crippen LogP contribution in [0.4, 0.5) is 5.82 Å². The van der Waals surface area contributed by atoms with Crippen LogP contribution in [0.5, 0.6) is 0 Å². The van der Waals surface area contributed by atoms with Crippen molar-refractivity contribution in [3.05, 3.63) is 16.8 Å². The van der Waals surface area contributed by atoms with Gasteiger partial charge in [-0.25, -0.2) is 4.79 Å². The number of rotatable bonds is 4. The molecule has 2 atom stereocenters. The minimum absolute atomic E-state index is 0.249. The number of anilines is 1. The molecule has 6 heteroatoms. The van der Waals surface area contributed by atoms with Crippen LogP contribution in [-0.2, 0) is 0 Å². The van der Waals surface area contributed by atoms with Crippen molar-refractivity contribution in [2.24, 2.45) is 0 Å². The summed E-state index contributed by atoms with van der Waals surface area (Å²) < 4.78 is 0. The SMILES string of the molecule is CSC1CCCC1Nc1nnc(C)c(C)c1C(=O)O. The van der Waals surface area contributed by atoms with Crippen molar-refractivity contribution in [2.75, 3.05) is 11.6 Å². The van der Waals surface area contributed by atoms with Gasteiger partial charge in [0, 0.05) is 11.3 Å². The van der Waals surface area contributed by atoms with Gasteiger partial charge in [-0.05, 0) is 38.5 Å². The van der Waals surface area contributed by atoms with Gasteiger partial charge in [0.25, 0.3) is 0 Å². The first-order valence-electron chi connectivity index (χ1n) is 6.41. The minimum atomic E-state index is -0.948. The number of aromatic carboxylic acids is 1. The van der Waals surface area contributed by atoms with Gasteiger partial charge >= 0.3 is 5.97 Å². The Morgan fingerprint density at radius 2 is 2.11 bits per heavy atom. The summed E-state index contributed by atoms with van der Waals surface area (Å²) in [6, 6.07) is 0.282. The zero-order valence-corrected chi connectivity index (χ0v) is 12.3. The molecule has 0 radical (unpaired) electrons. The third kappa shape index (κ3) is 2.83. The maximum absolute atomic E-state index is 11.4. The van der Waals surface area contributed by atoms with E-state index in [1.165, 1.54) is 12.8 Å². The van der Waals surface area contributed by atoms with Crippen LogP contribution in [0.2, 0.25) is 0 Å². The predicted octanol–water partition coefficient (Wildman–Crippen LogP) is 2.49.